The van der Waals surface area contributed by atoms with Gasteiger partial charge in [0.1, 0.15) is 0 Å². The van der Waals surface area contributed by atoms with E-state index in [2.05, 4.69) is 18.7 Å². The molecule has 0 aromatic carbocycles. The summed E-state index contributed by atoms with van der Waals surface area (Å²) in [6.45, 7) is 6.17. The quantitative estimate of drug-likeness (QED) is 0.820. The van der Waals surface area contributed by atoms with E-state index >= 15 is 0 Å². The summed E-state index contributed by atoms with van der Waals surface area (Å²) in [5.41, 5.74) is 5.77. The van der Waals surface area contributed by atoms with Gasteiger partial charge < -0.3 is 10.6 Å². The number of likely N-dealkylation sites (tertiary alicyclic amines) is 1. The first kappa shape index (κ1) is 13.9. The summed E-state index contributed by atoms with van der Waals surface area (Å²) >= 11 is 0. The van der Waals surface area contributed by atoms with Gasteiger partial charge in [0, 0.05) is 18.5 Å². The molecule has 2 rings (SSSR count). The summed E-state index contributed by atoms with van der Waals surface area (Å²) in [6.07, 6.45) is 6.92. The number of hydrogen-bond donors (Lipinski definition) is 1. The predicted molar refractivity (Wildman–Crippen MR) is 74.1 cm³/mol. The minimum absolute atomic E-state index is 0.250. The fourth-order valence-corrected chi connectivity index (χ4v) is 3.56. The van der Waals surface area contributed by atoms with Crippen molar-refractivity contribution in [3.63, 3.8) is 0 Å². The van der Waals surface area contributed by atoms with Gasteiger partial charge in [-0.15, -0.1) is 0 Å². The largest absolute Gasteiger partial charge is 0.339 e. The zero-order chi connectivity index (χ0) is 13.1. The van der Waals surface area contributed by atoms with Crippen LogP contribution < -0.4 is 5.73 Å². The molecular weight excluding hydrogens is 224 g/mol. The molecule has 18 heavy (non-hydrogen) atoms. The van der Waals surface area contributed by atoms with Crippen LogP contribution in [0.25, 0.3) is 0 Å². The summed E-state index contributed by atoms with van der Waals surface area (Å²) in [4.78, 5) is 14.8. The number of amides is 1. The monoisotopic (exact) mass is 252 g/mol. The molecule has 2 aliphatic rings. The Bertz CT molecular complexity index is 292. The standard InChI is InChI=1S/C15H28N2O/c1-11-6-7-12(2)17(10-11)15(18)14-5-3-4-13(8-14)9-16/h11-14H,3-10,16H2,1-2H3. The first-order valence-electron chi connectivity index (χ1n) is 7.62. The summed E-state index contributed by atoms with van der Waals surface area (Å²) in [5.74, 6) is 1.90. The first-order valence-corrected chi connectivity index (χ1v) is 7.62. The molecule has 0 bridgehead atoms. The van der Waals surface area contributed by atoms with Crippen LogP contribution in [0.5, 0.6) is 0 Å². The molecule has 1 heterocycles. The van der Waals surface area contributed by atoms with Gasteiger partial charge in [-0.25, -0.2) is 0 Å². The Morgan fingerprint density at radius 3 is 2.72 bits per heavy atom. The van der Waals surface area contributed by atoms with Gasteiger partial charge in [0.2, 0.25) is 5.91 Å². The van der Waals surface area contributed by atoms with Crippen molar-refractivity contribution in [3.8, 4) is 0 Å². The molecule has 0 spiro atoms. The normalized spacial score (nSPS) is 37.6. The molecule has 104 valence electrons. The minimum Gasteiger partial charge on any atom is -0.339 e. The maximum Gasteiger partial charge on any atom is 0.225 e. The smallest absolute Gasteiger partial charge is 0.225 e. The van der Waals surface area contributed by atoms with E-state index in [1.165, 1.54) is 25.7 Å². The molecule has 4 unspecified atom stereocenters. The van der Waals surface area contributed by atoms with Gasteiger partial charge in [0.25, 0.3) is 0 Å². The van der Waals surface area contributed by atoms with Crippen molar-refractivity contribution in [2.24, 2.45) is 23.5 Å². The Morgan fingerprint density at radius 2 is 2.00 bits per heavy atom. The fourth-order valence-electron chi connectivity index (χ4n) is 3.56. The third-order valence-electron chi connectivity index (χ3n) is 4.87. The molecule has 0 radical (unpaired) electrons. The Balaban J connectivity index is 1.96. The topological polar surface area (TPSA) is 46.3 Å². The van der Waals surface area contributed by atoms with Gasteiger partial charge in [-0.1, -0.05) is 13.3 Å². The van der Waals surface area contributed by atoms with Gasteiger partial charge in [-0.05, 0) is 57.4 Å². The number of carbonyl (C=O) groups excluding carboxylic acids is 1. The highest BCUT2D eigenvalue weighted by molar-refractivity contribution is 5.79. The molecule has 1 aliphatic heterocycles. The number of piperidine rings is 1. The molecular formula is C15H28N2O. The summed E-state index contributed by atoms with van der Waals surface area (Å²) in [5, 5.41) is 0. The number of nitrogens with two attached hydrogens (primary N) is 1. The minimum atomic E-state index is 0.250. The zero-order valence-corrected chi connectivity index (χ0v) is 11.9. The lowest BCUT2D eigenvalue weighted by molar-refractivity contribution is -0.141. The van der Waals surface area contributed by atoms with Crippen LogP contribution >= 0.6 is 0 Å². The lowest BCUT2D eigenvalue weighted by Crippen LogP contribution is -2.48. The average Bonchev–Trinajstić information content (AvgIpc) is 2.41. The number of carbonyl (C=O) groups is 1. The van der Waals surface area contributed by atoms with Crippen molar-refractivity contribution in [3.05, 3.63) is 0 Å². The molecule has 4 atom stereocenters. The molecule has 3 heteroatoms. The van der Waals surface area contributed by atoms with Gasteiger partial charge in [0.15, 0.2) is 0 Å². The average molecular weight is 252 g/mol. The maximum atomic E-state index is 12.7. The number of nitrogens with zero attached hydrogens (tertiary/aromatic N) is 1. The molecule has 1 saturated carbocycles. The second-order valence-electron chi connectivity index (χ2n) is 6.49. The van der Waals surface area contributed by atoms with Gasteiger partial charge in [-0.2, -0.15) is 0 Å². The second-order valence-corrected chi connectivity index (χ2v) is 6.49. The van der Waals surface area contributed by atoms with Crippen LogP contribution in [0.3, 0.4) is 0 Å². The number of rotatable bonds is 2. The molecule has 2 fully saturated rings. The summed E-state index contributed by atoms with van der Waals surface area (Å²) in [6, 6.07) is 0.437. The highest BCUT2D eigenvalue weighted by Crippen LogP contribution is 2.32. The second kappa shape index (κ2) is 6.05. The van der Waals surface area contributed by atoms with Gasteiger partial charge >= 0.3 is 0 Å². The Hall–Kier alpha value is -0.570. The van der Waals surface area contributed by atoms with Crippen LogP contribution in [0.2, 0.25) is 0 Å². The molecule has 1 saturated heterocycles. The van der Waals surface area contributed by atoms with E-state index < -0.39 is 0 Å². The maximum absolute atomic E-state index is 12.7. The van der Waals surface area contributed by atoms with E-state index in [9.17, 15) is 4.79 Å². The van der Waals surface area contributed by atoms with Crippen molar-refractivity contribution < 1.29 is 4.79 Å². The van der Waals surface area contributed by atoms with Gasteiger partial charge in [-0.3, -0.25) is 4.79 Å². The highest BCUT2D eigenvalue weighted by atomic mass is 16.2. The van der Waals surface area contributed by atoms with Crippen LogP contribution in [-0.2, 0) is 4.79 Å². The molecule has 3 nitrogen and oxygen atoms in total. The zero-order valence-electron chi connectivity index (χ0n) is 11.9. The first-order chi connectivity index (χ1) is 8.61. The Labute approximate surface area is 111 Å². The SMILES string of the molecule is CC1CCC(C)N(C(=O)C2CCCC(CN)C2)C1. The van der Waals surface area contributed by atoms with Crippen LogP contribution in [0.4, 0.5) is 0 Å². The van der Waals surface area contributed by atoms with Crippen LogP contribution in [-0.4, -0.2) is 29.9 Å². The lowest BCUT2D eigenvalue weighted by atomic mass is 9.80. The fraction of sp³-hybridized carbons (Fsp3) is 0.933. The molecule has 1 aliphatic carbocycles. The van der Waals surface area contributed by atoms with Crippen molar-refractivity contribution in [1.29, 1.82) is 0 Å². The third kappa shape index (κ3) is 3.05. The molecule has 0 aromatic heterocycles. The molecule has 1 amide bonds. The van der Waals surface area contributed by atoms with Crippen LogP contribution in [0.15, 0.2) is 0 Å². The van der Waals surface area contributed by atoms with Crippen molar-refractivity contribution >= 4 is 5.91 Å². The van der Waals surface area contributed by atoms with Crippen LogP contribution in [0, 0.1) is 17.8 Å². The summed E-state index contributed by atoms with van der Waals surface area (Å²) in [7, 11) is 0. The lowest BCUT2D eigenvalue weighted by Gasteiger charge is -2.40. The van der Waals surface area contributed by atoms with E-state index in [0.717, 1.165) is 25.9 Å². The van der Waals surface area contributed by atoms with Crippen LogP contribution in [0.1, 0.15) is 52.4 Å². The van der Waals surface area contributed by atoms with E-state index in [0.29, 0.717) is 23.8 Å². The third-order valence-corrected chi connectivity index (χ3v) is 4.87. The molecule has 2 N–H and O–H groups in total. The Kier molecular flexibility index (Phi) is 4.66. The highest BCUT2D eigenvalue weighted by Gasteiger charge is 2.34. The van der Waals surface area contributed by atoms with Crippen molar-refractivity contribution in [2.75, 3.05) is 13.1 Å². The van der Waals surface area contributed by atoms with E-state index in [1.807, 2.05) is 0 Å². The Morgan fingerprint density at radius 1 is 1.22 bits per heavy atom. The molecule has 0 aromatic rings. The number of hydrogen-bond acceptors (Lipinski definition) is 2. The predicted octanol–water partition coefficient (Wildman–Crippen LogP) is 2.40. The van der Waals surface area contributed by atoms with Crippen molar-refractivity contribution in [2.45, 2.75) is 58.4 Å². The van der Waals surface area contributed by atoms with E-state index in [4.69, 9.17) is 5.73 Å². The summed E-state index contributed by atoms with van der Waals surface area (Å²) < 4.78 is 0. The van der Waals surface area contributed by atoms with E-state index in [1.54, 1.807) is 0 Å². The van der Waals surface area contributed by atoms with Crippen molar-refractivity contribution in [1.82, 2.24) is 4.90 Å². The van der Waals surface area contributed by atoms with Gasteiger partial charge in [0.05, 0.1) is 0 Å². The van der Waals surface area contributed by atoms with E-state index in [-0.39, 0.29) is 5.92 Å².